The van der Waals surface area contributed by atoms with Crippen molar-refractivity contribution in [1.82, 2.24) is 9.38 Å². The highest BCUT2D eigenvalue weighted by Crippen LogP contribution is 2.37. The molecule has 5 rings (SSSR count). The van der Waals surface area contributed by atoms with E-state index in [0.717, 1.165) is 45.6 Å². The highest BCUT2D eigenvalue weighted by atomic mass is 79.9. The Hall–Kier alpha value is -3.16. The molecule has 7 heteroatoms. The average molecular weight is 534 g/mol. The summed E-state index contributed by atoms with van der Waals surface area (Å²) < 4.78 is 14.4. The standard InChI is InChI=1S/C28H28BrN3O3/c29-21-15-16-25-31-27(28(32(25)17-21)30-22-11-5-2-6-12-22)23-13-7-8-14-24(23)35-26(33)19-34-18-20-9-3-1-4-10-20/h1,3-4,7-10,13-17,22,30H,2,5-6,11-12,18-19H2. The Balaban J connectivity index is 1.39. The van der Waals surface area contributed by atoms with Crippen molar-refractivity contribution in [3.05, 3.63) is 83.0 Å². The largest absolute Gasteiger partial charge is 0.424 e. The summed E-state index contributed by atoms with van der Waals surface area (Å²) in [6, 6.07) is 21.6. The summed E-state index contributed by atoms with van der Waals surface area (Å²) in [6.45, 7) is 0.225. The van der Waals surface area contributed by atoms with Gasteiger partial charge < -0.3 is 14.8 Å². The lowest BCUT2D eigenvalue weighted by molar-refractivity contribution is -0.139. The van der Waals surface area contributed by atoms with Gasteiger partial charge in [0.2, 0.25) is 0 Å². The highest BCUT2D eigenvalue weighted by Gasteiger charge is 2.22. The lowest BCUT2D eigenvalue weighted by atomic mass is 9.95. The molecule has 0 atom stereocenters. The summed E-state index contributed by atoms with van der Waals surface area (Å²) in [7, 11) is 0. The van der Waals surface area contributed by atoms with Crippen LogP contribution in [0.25, 0.3) is 16.9 Å². The number of nitrogens with zero attached hydrogens (tertiary/aromatic N) is 2. The van der Waals surface area contributed by atoms with Gasteiger partial charge in [0.25, 0.3) is 0 Å². The van der Waals surface area contributed by atoms with Crippen LogP contribution in [0.1, 0.15) is 37.7 Å². The van der Waals surface area contributed by atoms with Crippen LogP contribution in [0, 0.1) is 0 Å². The van der Waals surface area contributed by atoms with Crippen LogP contribution in [0.15, 0.2) is 77.4 Å². The molecular formula is C28H28BrN3O3. The van der Waals surface area contributed by atoms with E-state index in [0.29, 0.717) is 18.4 Å². The second kappa shape index (κ2) is 11.1. The van der Waals surface area contributed by atoms with Crippen molar-refractivity contribution in [3.63, 3.8) is 0 Å². The molecule has 2 aromatic heterocycles. The number of nitrogens with one attached hydrogen (secondary N) is 1. The molecule has 1 fully saturated rings. The number of anilines is 1. The zero-order valence-corrected chi connectivity index (χ0v) is 21.0. The monoisotopic (exact) mass is 533 g/mol. The summed E-state index contributed by atoms with van der Waals surface area (Å²) in [6.07, 6.45) is 8.03. The second-order valence-electron chi connectivity index (χ2n) is 8.81. The average Bonchev–Trinajstić information content (AvgIpc) is 3.23. The number of pyridine rings is 1. The Kier molecular flexibility index (Phi) is 7.45. The molecule has 0 spiro atoms. The van der Waals surface area contributed by atoms with E-state index in [1.807, 2.05) is 66.9 Å². The van der Waals surface area contributed by atoms with Gasteiger partial charge in [-0.2, -0.15) is 0 Å². The van der Waals surface area contributed by atoms with Crippen molar-refractivity contribution in [2.45, 2.75) is 44.8 Å². The number of ether oxygens (including phenoxy) is 2. The molecule has 1 aliphatic carbocycles. The van der Waals surface area contributed by atoms with Crippen molar-refractivity contribution in [2.24, 2.45) is 0 Å². The fraction of sp³-hybridized carbons (Fsp3) is 0.286. The number of halogens is 1. The zero-order chi connectivity index (χ0) is 24.0. The van der Waals surface area contributed by atoms with Gasteiger partial charge in [0.1, 0.15) is 29.5 Å². The first kappa shape index (κ1) is 23.6. The molecule has 2 heterocycles. The Labute approximate surface area is 213 Å². The molecule has 0 bridgehead atoms. The number of rotatable bonds is 8. The van der Waals surface area contributed by atoms with E-state index in [4.69, 9.17) is 14.5 Å². The number of carbonyl (C=O) groups is 1. The summed E-state index contributed by atoms with van der Waals surface area (Å²) in [5.41, 5.74) is 3.37. The van der Waals surface area contributed by atoms with Gasteiger partial charge in [0, 0.05) is 22.3 Å². The first-order valence-electron chi connectivity index (χ1n) is 12.0. The summed E-state index contributed by atoms with van der Waals surface area (Å²) in [4.78, 5) is 17.5. The predicted molar refractivity (Wildman–Crippen MR) is 141 cm³/mol. The molecular weight excluding hydrogens is 506 g/mol. The minimum atomic E-state index is -0.443. The van der Waals surface area contributed by atoms with Crippen LogP contribution in [0.4, 0.5) is 5.82 Å². The number of aromatic nitrogens is 2. The normalized spacial score (nSPS) is 14.2. The lowest BCUT2D eigenvalue weighted by Crippen LogP contribution is -2.23. The van der Waals surface area contributed by atoms with Crippen LogP contribution in [0.3, 0.4) is 0 Å². The lowest BCUT2D eigenvalue weighted by Gasteiger charge is -2.24. The van der Waals surface area contributed by atoms with E-state index in [2.05, 4.69) is 25.6 Å². The molecule has 2 aromatic carbocycles. The van der Waals surface area contributed by atoms with E-state index in [1.165, 1.54) is 19.3 Å². The van der Waals surface area contributed by atoms with Gasteiger partial charge in [-0.15, -0.1) is 0 Å². The van der Waals surface area contributed by atoms with Crippen LogP contribution < -0.4 is 10.1 Å². The summed E-state index contributed by atoms with van der Waals surface area (Å²) in [5.74, 6) is 0.939. The topological polar surface area (TPSA) is 64.9 Å². The Bertz CT molecular complexity index is 1300. The number of para-hydroxylation sites is 1. The molecule has 35 heavy (non-hydrogen) atoms. The number of hydrogen-bond acceptors (Lipinski definition) is 5. The molecule has 0 amide bonds. The maximum Gasteiger partial charge on any atom is 0.337 e. The first-order chi connectivity index (χ1) is 17.2. The number of benzene rings is 2. The number of hydrogen-bond donors (Lipinski definition) is 1. The molecule has 180 valence electrons. The van der Waals surface area contributed by atoms with Crippen molar-refractivity contribution >= 4 is 33.4 Å². The van der Waals surface area contributed by atoms with Crippen LogP contribution in [0.5, 0.6) is 5.75 Å². The quantitative estimate of drug-likeness (QED) is 0.203. The van der Waals surface area contributed by atoms with Crippen molar-refractivity contribution in [2.75, 3.05) is 11.9 Å². The van der Waals surface area contributed by atoms with Gasteiger partial charge in [-0.1, -0.05) is 61.7 Å². The van der Waals surface area contributed by atoms with Crippen LogP contribution in [0.2, 0.25) is 0 Å². The van der Waals surface area contributed by atoms with Gasteiger partial charge in [-0.3, -0.25) is 4.40 Å². The van der Waals surface area contributed by atoms with Crippen LogP contribution in [-0.4, -0.2) is 28.0 Å². The highest BCUT2D eigenvalue weighted by molar-refractivity contribution is 9.10. The Morgan fingerprint density at radius 3 is 2.60 bits per heavy atom. The second-order valence-corrected chi connectivity index (χ2v) is 9.73. The third kappa shape index (κ3) is 5.74. The van der Waals surface area contributed by atoms with Gasteiger partial charge in [-0.25, -0.2) is 9.78 Å². The number of imidazole rings is 1. The zero-order valence-electron chi connectivity index (χ0n) is 19.5. The molecule has 6 nitrogen and oxygen atoms in total. The Morgan fingerprint density at radius 1 is 1.00 bits per heavy atom. The fourth-order valence-corrected chi connectivity index (χ4v) is 4.85. The first-order valence-corrected chi connectivity index (χ1v) is 12.8. The van der Waals surface area contributed by atoms with Gasteiger partial charge in [0.05, 0.1) is 6.61 Å². The molecule has 0 radical (unpaired) electrons. The maximum atomic E-state index is 12.6. The Morgan fingerprint density at radius 2 is 1.77 bits per heavy atom. The van der Waals surface area contributed by atoms with Gasteiger partial charge in [-0.05, 0) is 58.6 Å². The third-order valence-corrected chi connectivity index (χ3v) is 6.69. The fourth-order valence-electron chi connectivity index (χ4n) is 4.51. The maximum absolute atomic E-state index is 12.6. The predicted octanol–water partition coefficient (Wildman–Crippen LogP) is 6.63. The van der Waals surface area contributed by atoms with E-state index < -0.39 is 5.97 Å². The molecule has 1 saturated carbocycles. The van der Waals surface area contributed by atoms with Crippen molar-refractivity contribution in [1.29, 1.82) is 0 Å². The summed E-state index contributed by atoms with van der Waals surface area (Å²) in [5, 5.41) is 3.75. The molecule has 1 aliphatic rings. The van der Waals surface area contributed by atoms with E-state index >= 15 is 0 Å². The van der Waals surface area contributed by atoms with Crippen LogP contribution in [-0.2, 0) is 16.1 Å². The molecule has 4 aromatic rings. The molecule has 0 aliphatic heterocycles. The molecule has 0 saturated heterocycles. The molecule has 0 unspecified atom stereocenters. The summed E-state index contributed by atoms with van der Waals surface area (Å²) >= 11 is 3.59. The van der Waals surface area contributed by atoms with Crippen molar-refractivity contribution in [3.8, 4) is 17.0 Å². The minimum Gasteiger partial charge on any atom is -0.424 e. The SMILES string of the molecule is O=C(COCc1ccccc1)Oc1ccccc1-c1nc2ccc(Br)cn2c1NC1CCCCC1. The van der Waals surface area contributed by atoms with E-state index in [1.54, 1.807) is 6.07 Å². The van der Waals surface area contributed by atoms with Crippen LogP contribution >= 0.6 is 15.9 Å². The third-order valence-electron chi connectivity index (χ3n) is 6.23. The van der Waals surface area contributed by atoms with E-state index in [9.17, 15) is 4.79 Å². The number of fused-ring (bicyclic) bond motifs is 1. The number of carbonyl (C=O) groups excluding carboxylic acids is 1. The smallest absolute Gasteiger partial charge is 0.337 e. The number of esters is 1. The van der Waals surface area contributed by atoms with Crippen molar-refractivity contribution < 1.29 is 14.3 Å². The molecule has 1 N–H and O–H groups in total. The van der Waals surface area contributed by atoms with E-state index in [-0.39, 0.29) is 6.61 Å². The van der Waals surface area contributed by atoms with Gasteiger partial charge >= 0.3 is 5.97 Å². The minimum absolute atomic E-state index is 0.130. The van der Waals surface area contributed by atoms with Gasteiger partial charge in [0.15, 0.2) is 0 Å².